The van der Waals surface area contributed by atoms with Crippen molar-refractivity contribution in [3.8, 4) is 0 Å². The fraction of sp³-hybridized carbons (Fsp3) is 0.300. The summed E-state index contributed by atoms with van der Waals surface area (Å²) in [6.45, 7) is 0.206. The summed E-state index contributed by atoms with van der Waals surface area (Å²) < 4.78 is 66.1. The molecule has 1 amide bonds. The molecule has 2 aromatic carbocycles. The lowest BCUT2D eigenvalue weighted by Gasteiger charge is -2.34. The highest BCUT2D eigenvalue weighted by Gasteiger charge is 2.36. The van der Waals surface area contributed by atoms with Gasteiger partial charge in [0.25, 0.3) is 0 Å². The Morgan fingerprint density at radius 3 is 2.47 bits per heavy atom. The molecular weight excluding hydrogens is 469 g/mol. The van der Waals surface area contributed by atoms with Gasteiger partial charge in [-0.1, -0.05) is 29.8 Å². The van der Waals surface area contributed by atoms with Gasteiger partial charge in [0.2, 0.25) is 15.9 Å². The Labute approximate surface area is 186 Å². The van der Waals surface area contributed by atoms with Gasteiger partial charge in [0.15, 0.2) is 0 Å². The summed E-state index contributed by atoms with van der Waals surface area (Å²) in [4.78, 5) is 13.7. The van der Waals surface area contributed by atoms with Gasteiger partial charge in [0.1, 0.15) is 0 Å². The van der Waals surface area contributed by atoms with Crippen molar-refractivity contribution >= 4 is 38.4 Å². The second-order valence-electron chi connectivity index (χ2n) is 7.32. The normalized spacial score (nSPS) is 15.9. The van der Waals surface area contributed by atoms with E-state index in [4.69, 9.17) is 11.6 Å². The van der Waals surface area contributed by atoms with Crippen LogP contribution in [0.5, 0.6) is 0 Å². The fourth-order valence-electron chi connectivity index (χ4n) is 3.62. The van der Waals surface area contributed by atoms with Gasteiger partial charge in [-0.3, -0.25) is 9.89 Å². The van der Waals surface area contributed by atoms with Crippen LogP contribution in [-0.4, -0.2) is 59.9 Å². The highest BCUT2D eigenvalue weighted by molar-refractivity contribution is 7.89. The van der Waals surface area contributed by atoms with Crippen LogP contribution in [-0.2, 0) is 27.4 Å². The third-order valence-electron chi connectivity index (χ3n) is 5.34. The van der Waals surface area contributed by atoms with E-state index in [9.17, 15) is 26.4 Å². The van der Waals surface area contributed by atoms with Gasteiger partial charge in [0.05, 0.1) is 33.1 Å². The molecule has 1 aliphatic heterocycles. The third-order valence-corrected chi connectivity index (χ3v) is 7.57. The van der Waals surface area contributed by atoms with Crippen molar-refractivity contribution in [3.05, 3.63) is 58.7 Å². The van der Waals surface area contributed by atoms with E-state index in [2.05, 4.69) is 10.2 Å². The maximum absolute atomic E-state index is 13.1. The van der Waals surface area contributed by atoms with Crippen LogP contribution in [0.25, 0.3) is 10.9 Å². The predicted octanol–water partition coefficient (Wildman–Crippen LogP) is 3.31. The number of halogens is 4. The Balaban J connectivity index is 1.44. The molecule has 0 spiro atoms. The molecule has 1 aromatic heterocycles. The number of piperazine rings is 1. The molecule has 2 heterocycles. The Bertz CT molecular complexity index is 1270. The molecule has 1 N–H and O–H groups in total. The Morgan fingerprint density at radius 1 is 1.09 bits per heavy atom. The molecule has 1 saturated heterocycles. The van der Waals surface area contributed by atoms with E-state index in [0.717, 1.165) is 27.3 Å². The van der Waals surface area contributed by atoms with Crippen LogP contribution in [0.2, 0.25) is 5.02 Å². The van der Waals surface area contributed by atoms with E-state index >= 15 is 0 Å². The number of alkyl halides is 3. The van der Waals surface area contributed by atoms with E-state index in [1.165, 1.54) is 4.90 Å². The molecular formula is C20H18ClF3N4O3S. The minimum atomic E-state index is -4.77. The topological polar surface area (TPSA) is 86.4 Å². The molecule has 1 aliphatic rings. The highest BCUT2D eigenvalue weighted by atomic mass is 35.5. The summed E-state index contributed by atoms with van der Waals surface area (Å²) in [5.41, 5.74) is 0.203. The van der Waals surface area contributed by atoms with Crippen molar-refractivity contribution in [2.75, 3.05) is 26.2 Å². The molecule has 0 radical (unpaired) electrons. The summed E-state index contributed by atoms with van der Waals surface area (Å²) in [7, 11) is -4.17. The van der Waals surface area contributed by atoms with E-state index < -0.39 is 31.7 Å². The van der Waals surface area contributed by atoms with Gasteiger partial charge >= 0.3 is 6.18 Å². The van der Waals surface area contributed by atoms with Gasteiger partial charge in [-0.15, -0.1) is 0 Å². The number of carbonyl (C=O) groups excluding carboxylic acids is 1. The minimum Gasteiger partial charge on any atom is -0.340 e. The summed E-state index contributed by atoms with van der Waals surface area (Å²) in [5, 5.41) is 7.27. The average molecular weight is 487 g/mol. The van der Waals surface area contributed by atoms with Crippen molar-refractivity contribution in [2.45, 2.75) is 17.5 Å². The molecule has 3 aromatic rings. The minimum absolute atomic E-state index is 0.0260. The molecule has 170 valence electrons. The van der Waals surface area contributed by atoms with Crippen LogP contribution in [0.15, 0.2) is 47.4 Å². The van der Waals surface area contributed by atoms with Gasteiger partial charge in [0, 0.05) is 31.6 Å². The fourth-order valence-corrected chi connectivity index (χ4v) is 5.29. The number of nitrogens with zero attached hydrogens (tertiary/aromatic N) is 3. The van der Waals surface area contributed by atoms with E-state index in [1.807, 2.05) is 24.3 Å². The van der Waals surface area contributed by atoms with Crippen LogP contribution < -0.4 is 0 Å². The molecule has 0 atom stereocenters. The number of H-pyrrole nitrogens is 1. The number of aromatic amines is 1. The number of para-hydroxylation sites is 1. The SMILES string of the molecule is O=C(Cc1[nH]nc2ccccc12)N1CCN(S(=O)(=O)c2ccc(Cl)c(C(F)(F)F)c2)CC1. The zero-order chi connectivity index (χ0) is 23.1. The second kappa shape index (κ2) is 8.38. The number of sulfonamides is 1. The first-order chi connectivity index (χ1) is 15.1. The zero-order valence-electron chi connectivity index (χ0n) is 16.6. The number of aromatic nitrogens is 2. The lowest BCUT2D eigenvalue weighted by atomic mass is 10.1. The molecule has 7 nitrogen and oxygen atoms in total. The molecule has 0 unspecified atom stereocenters. The van der Waals surface area contributed by atoms with Crippen LogP contribution in [0.3, 0.4) is 0 Å². The molecule has 1 fully saturated rings. The van der Waals surface area contributed by atoms with Crippen LogP contribution in [0, 0.1) is 0 Å². The molecule has 4 rings (SSSR count). The Morgan fingerprint density at radius 2 is 1.78 bits per heavy atom. The number of hydrogen-bond donors (Lipinski definition) is 1. The molecule has 12 heteroatoms. The number of amides is 1. The summed E-state index contributed by atoms with van der Waals surface area (Å²) in [6.07, 6.45) is -4.69. The quantitative estimate of drug-likeness (QED) is 0.613. The standard InChI is InChI=1S/C20H18ClF3N4O3S/c21-16-6-5-13(11-15(16)20(22,23)24)32(30,31)28-9-7-27(8-10-28)19(29)12-18-14-3-1-2-4-17(14)25-26-18/h1-6,11H,7-10,12H2,(H,25,26). The van der Waals surface area contributed by atoms with Crippen molar-refractivity contribution in [1.29, 1.82) is 0 Å². The Kier molecular flexibility index (Phi) is 5.91. The predicted molar refractivity (Wildman–Crippen MR) is 112 cm³/mol. The summed E-state index contributed by atoms with van der Waals surface area (Å²) in [5.74, 6) is -0.192. The van der Waals surface area contributed by atoms with Gasteiger partial charge in [-0.25, -0.2) is 8.42 Å². The lowest BCUT2D eigenvalue weighted by molar-refractivity contribution is -0.137. The van der Waals surface area contributed by atoms with E-state index in [1.54, 1.807) is 0 Å². The molecule has 0 bridgehead atoms. The van der Waals surface area contributed by atoms with Gasteiger partial charge < -0.3 is 4.90 Å². The van der Waals surface area contributed by atoms with Crippen molar-refractivity contribution in [3.63, 3.8) is 0 Å². The largest absolute Gasteiger partial charge is 0.417 e. The number of fused-ring (bicyclic) bond motifs is 1. The summed E-state index contributed by atoms with van der Waals surface area (Å²) in [6, 6.07) is 9.87. The maximum atomic E-state index is 13.1. The first kappa shape index (κ1) is 22.6. The maximum Gasteiger partial charge on any atom is 0.417 e. The number of hydrogen-bond acceptors (Lipinski definition) is 4. The van der Waals surface area contributed by atoms with E-state index in [-0.39, 0.29) is 38.5 Å². The Hall–Kier alpha value is -2.63. The zero-order valence-corrected chi connectivity index (χ0v) is 18.1. The van der Waals surface area contributed by atoms with E-state index in [0.29, 0.717) is 11.8 Å². The molecule has 32 heavy (non-hydrogen) atoms. The smallest absolute Gasteiger partial charge is 0.340 e. The number of nitrogens with one attached hydrogen (secondary N) is 1. The second-order valence-corrected chi connectivity index (χ2v) is 9.67. The number of carbonyl (C=O) groups is 1. The van der Waals surface area contributed by atoms with Crippen molar-refractivity contribution in [1.82, 2.24) is 19.4 Å². The van der Waals surface area contributed by atoms with Gasteiger partial charge in [-0.05, 0) is 24.3 Å². The van der Waals surface area contributed by atoms with Crippen LogP contribution >= 0.6 is 11.6 Å². The summed E-state index contributed by atoms with van der Waals surface area (Å²) >= 11 is 5.59. The van der Waals surface area contributed by atoms with Crippen molar-refractivity contribution in [2.24, 2.45) is 0 Å². The molecule has 0 saturated carbocycles. The molecule has 0 aliphatic carbocycles. The average Bonchev–Trinajstić information content (AvgIpc) is 3.16. The van der Waals surface area contributed by atoms with Crippen molar-refractivity contribution < 1.29 is 26.4 Å². The van der Waals surface area contributed by atoms with Gasteiger partial charge in [-0.2, -0.15) is 22.6 Å². The number of rotatable bonds is 4. The monoisotopic (exact) mass is 486 g/mol. The first-order valence-electron chi connectivity index (χ1n) is 9.64. The third kappa shape index (κ3) is 4.32. The highest BCUT2D eigenvalue weighted by Crippen LogP contribution is 2.36. The van der Waals surface area contributed by atoms with Crippen LogP contribution in [0.4, 0.5) is 13.2 Å². The lowest BCUT2D eigenvalue weighted by Crippen LogP contribution is -2.50. The number of benzene rings is 2. The first-order valence-corrected chi connectivity index (χ1v) is 11.5. The van der Waals surface area contributed by atoms with Crippen LogP contribution in [0.1, 0.15) is 11.3 Å².